The predicted molar refractivity (Wildman–Crippen MR) is 57.4 cm³/mol. The van der Waals surface area contributed by atoms with E-state index in [9.17, 15) is 9.59 Å². The summed E-state index contributed by atoms with van der Waals surface area (Å²) >= 11 is 0. The molecule has 0 aliphatic heterocycles. The highest BCUT2D eigenvalue weighted by molar-refractivity contribution is 5.84. The van der Waals surface area contributed by atoms with Crippen molar-refractivity contribution in [1.82, 2.24) is 10.6 Å². The quantitative estimate of drug-likeness (QED) is 0.564. The first-order valence-electron chi connectivity index (χ1n) is 5.23. The van der Waals surface area contributed by atoms with Crippen LogP contribution in [0.4, 0.5) is 0 Å². The Labute approximate surface area is 90.6 Å². The molecule has 0 bridgehead atoms. The summed E-state index contributed by atoms with van der Waals surface area (Å²) < 4.78 is 4.83. The van der Waals surface area contributed by atoms with Crippen molar-refractivity contribution in [2.45, 2.75) is 26.2 Å². The van der Waals surface area contributed by atoms with Crippen LogP contribution in [0.25, 0.3) is 0 Å². The fourth-order valence-corrected chi connectivity index (χ4v) is 1.00. The van der Waals surface area contributed by atoms with Crippen LogP contribution in [-0.2, 0) is 14.3 Å². The van der Waals surface area contributed by atoms with Crippen molar-refractivity contribution in [1.29, 1.82) is 0 Å². The molecule has 0 rings (SSSR count). The molecule has 0 aromatic heterocycles. The zero-order chi connectivity index (χ0) is 11.5. The minimum absolute atomic E-state index is 0.0613. The van der Waals surface area contributed by atoms with Gasteiger partial charge < -0.3 is 15.4 Å². The van der Waals surface area contributed by atoms with E-state index in [1.165, 1.54) is 0 Å². The monoisotopic (exact) mass is 216 g/mol. The van der Waals surface area contributed by atoms with Crippen LogP contribution in [-0.4, -0.2) is 38.6 Å². The highest BCUT2D eigenvalue weighted by atomic mass is 16.5. The number of nitrogens with one attached hydrogen (secondary N) is 2. The maximum absolute atomic E-state index is 11.1. The number of carbonyl (C=O) groups excluding carboxylic acids is 2. The van der Waals surface area contributed by atoms with Crippen molar-refractivity contribution >= 4 is 11.8 Å². The van der Waals surface area contributed by atoms with Crippen molar-refractivity contribution < 1.29 is 14.3 Å². The number of hydrogen-bond donors (Lipinski definition) is 2. The van der Waals surface area contributed by atoms with Crippen LogP contribution in [0.3, 0.4) is 0 Å². The van der Waals surface area contributed by atoms with Crippen molar-refractivity contribution in [2.75, 3.05) is 26.8 Å². The Morgan fingerprint density at radius 3 is 2.53 bits per heavy atom. The number of ether oxygens (including phenoxy) is 1. The number of carbonyl (C=O) groups is 2. The van der Waals surface area contributed by atoms with E-state index in [2.05, 4.69) is 10.6 Å². The molecular formula is C10H20N2O3. The predicted octanol–water partition coefficient (Wildman–Crippen LogP) is 0.0554. The van der Waals surface area contributed by atoms with E-state index in [-0.39, 0.29) is 18.4 Å². The van der Waals surface area contributed by atoms with Gasteiger partial charge in [0.05, 0.1) is 6.54 Å². The van der Waals surface area contributed by atoms with Gasteiger partial charge in [-0.3, -0.25) is 9.59 Å². The van der Waals surface area contributed by atoms with Gasteiger partial charge in [-0.15, -0.1) is 0 Å². The van der Waals surface area contributed by atoms with Crippen LogP contribution in [0.5, 0.6) is 0 Å². The van der Waals surface area contributed by atoms with E-state index < -0.39 is 0 Å². The van der Waals surface area contributed by atoms with E-state index in [1.807, 2.05) is 6.92 Å². The third-order valence-electron chi connectivity index (χ3n) is 1.77. The Hall–Kier alpha value is -1.10. The fraction of sp³-hybridized carbons (Fsp3) is 0.800. The summed E-state index contributed by atoms with van der Waals surface area (Å²) in [5.74, 6) is -0.236. The zero-order valence-electron chi connectivity index (χ0n) is 9.47. The summed E-state index contributed by atoms with van der Waals surface area (Å²) in [6.45, 7) is 3.19. The third kappa shape index (κ3) is 9.21. The topological polar surface area (TPSA) is 67.4 Å². The first-order valence-corrected chi connectivity index (χ1v) is 5.23. The van der Waals surface area contributed by atoms with Gasteiger partial charge in [0.25, 0.3) is 0 Å². The summed E-state index contributed by atoms with van der Waals surface area (Å²) in [4.78, 5) is 22.2. The van der Waals surface area contributed by atoms with Crippen LogP contribution in [0.1, 0.15) is 26.2 Å². The molecule has 0 aliphatic rings. The summed E-state index contributed by atoms with van der Waals surface area (Å²) in [5.41, 5.74) is 0. The van der Waals surface area contributed by atoms with Gasteiger partial charge in [-0.1, -0.05) is 6.92 Å². The molecule has 0 fully saturated rings. The average molecular weight is 216 g/mol. The van der Waals surface area contributed by atoms with Gasteiger partial charge in [0.1, 0.15) is 0 Å². The molecule has 0 heterocycles. The van der Waals surface area contributed by atoms with Gasteiger partial charge in [0.2, 0.25) is 11.8 Å². The first kappa shape index (κ1) is 13.9. The highest BCUT2D eigenvalue weighted by Gasteiger charge is 2.03. The maximum atomic E-state index is 11.1. The molecule has 0 radical (unpaired) electrons. The minimum Gasteiger partial charge on any atom is -0.385 e. The first-order chi connectivity index (χ1) is 7.20. The second-order valence-corrected chi connectivity index (χ2v) is 3.22. The van der Waals surface area contributed by atoms with E-state index in [1.54, 1.807) is 7.11 Å². The van der Waals surface area contributed by atoms with E-state index >= 15 is 0 Å². The number of methoxy groups -OCH3 is 1. The maximum Gasteiger partial charge on any atom is 0.239 e. The lowest BCUT2D eigenvalue weighted by molar-refractivity contribution is -0.126. The Morgan fingerprint density at radius 2 is 1.93 bits per heavy atom. The van der Waals surface area contributed by atoms with Crippen molar-refractivity contribution in [3.63, 3.8) is 0 Å². The zero-order valence-corrected chi connectivity index (χ0v) is 9.47. The standard InChI is InChI=1S/C10H20N2O3/c1-3-5-9(13)12-8-10(14)11-6-4-7-15-2/h3-8H2,1-2H3,(H,11,14)(H,12,13). The Kier molecular flexibility index (Phi) is 8.76. The molecule has 0 unspecified atom stereocenters. The number of hydrogen-bond acceptors (Lipinski definition) is 3. The van der Waals surface area contributed by atoms with Crippen LogP contribution in [0, 0.1) is 0 Å². The molecule has 0 saturated carbocycles. The lowest BCUT2D eigenvalue weighted by Gasteiger charge is -2.05. The molecule has 5 nitrogen and oxygen atoms in total. The van der Waals surface area contributed by atoms with Gasteiger partial charge in [0, 0.05) is 26.7 Å². The van der Waals surface area contributed by atoms with Crippen LogP contribution in [0.15, 0.2) is 0 Å². The Morgan fingerprint density at radius 1 is 1.20 bits per heavy atom. The van der Waals surface area contributed by atoms with Gasteiger partial charge >= 0.3 is 0 Å². The molecule has 0 aromatic carbocycles. The summed E-state index contributed by atoms with van der Waals surface area (Å²) in [6.07, 6.45) is 2.05. The van der Waals surface area contributed by atoms with Gasteiger partial charge in [-0.2, -0.15) is 0 Å². The van der Waals surface area contributed by atoms with E-state index in [4.69, 9.17) is 4.74 Å². The molecule has 5 heteroatoms. The average Bonchev–Trinajstić information content (AvgIpc) is 2.22. The highest BCUT2D eigenvalue weighted by Crippen LogP contribution is 1.84. The van der Waals surface area contributed by atoms with Crippen LogP contribution >= 0.6 is 0 Å². The molecule has 0 atom stereocenters. The summed E-state index contributed by atoms with van der Waals surface area (Å²) in [6, 6.07) is 0. The van der Waals surface area contributed by atoms with Gasteiger partial charge in [0.15, 0.2) is 0 Å². The van der Waals surface area contributed by atoms with E-state index in [0.29, 0.717) is 19.6 Å². The Bertz CT molecular complexity index is 195. The Balaban J connectivity index is 3.36. The SMILES string of the molecule is CCCC(=O)NCC(=O)NCCCOC. The molecule has 2 N–H and O–H groups in total. The van der Waals surface area contributed by atoms with Crippen molar-refractivity contribution in [3.8, 4) is 0 Å². The molecular weight excluding hydrogens is 196 g/mol. The van der Waals surface area contributed by atoms with Crippen LogP contribution < -0.4 is 10.6 Å². The largest absolute Gasteiger partial charge is 0.385 e. The second-order valence-electron chi connectivity index (χ2n) is 3.22. The molecule has 0 aromatic rings. The van der Waals surface area contributed by atoms with Crippen LogP contribution in [0.2, 0.25) is 0 Å². The summed E-state index contributed by atoms with van der Waals surface area (Å²) in [7, 11) is 1.62. The molecule has 15 heavy (non-hydrogen) atoms. The third-order valence-corrected chi connectivity index (χ3v) is 1.77. The van der Waals surface area contributed by atoms with Gasteiger partial charge in [-0.05, 0) is 12.8 Å². The smallest absolute Gasteiger partial charge is 0.239 e. The minimum atomic E-state index is -0.157. The second kappa shape index (κ2) is 9.45. The fourth-order valence-electron chi connectivity index (χ4n) is 1.00. The molecule has 0 spiro atoms. The molecule has 88 valence electrons. The number of amides is 2. The molecule has 0 aliphatic carbocycles. The molecule has 2 amide bonds. The number of rotatable bonds is 8. The van der Waals surface area contributed by atoms with Crippen molar-refractivity contribution in [2.24, 2.45) is 0 Å². The molecule has 0 saturated heterocycles. The lowest BCUT2D eigenvalue weighted by Crippen LogP contribution is -2.37. The van der Waals surface area contributed by atoms with E-state index in [0.717, 1.165) is 12.8 Å². The van der Waals surface area contributed by atoms with Crippen molar-refractivity contribution in [3.05, 3.63) is 0 Å². The normalized spacial score (nSPS) is 9.73. The summed E-state index contributed by atoms with van der Waals surface area (Å²) in [5, 5.41) is 5.22. The van der Waals surface area contributed by atoms with Gasteiger partial charge in [-0.25, -0.2) is 0 Å². The lowest BCUT2D eigenvalue weighted by atomic mass is 10.3.